The van der Waals surface area contributed by atoms with Crippen molar-refractivity contribution in [3.05, 3.63) is 17.5 Å². The Morgan fingerprint density at radius 2 is 2.07 bits per heavy atom. The minimum atomic E-state index is -0.272. The summed E-state index contributed by atoms with van der Waals surface area (Å²) in [5.41, 5.74) is 0.896. The Labute approximate surface area is 178 Å². The standard InChI is InChI=1S/C20H34N6O4/c1-6-29-20(28)26-9-7-15(8-10-26)23-19(22-13-18(27)25(4)5)21-12-16-11-17(14(2)3)24-30-16/h11,14-15H,6-10,12-13H2,1-5H3,(H2,21,22,23). The molecule has 0 spiro atoms. The SMILES string of the molecule is CCOC(=O)N1CCC(NC(=NCC(=O)N(C)C)NCc2cc(C(C)C)no2)CC1. The number of piperidine rings is 1. The molecule has 1 saturated heterocycles. The summed E-state index contributed by atoms with van der Waals surface area (Å²) in [4.78, 5) is 31.4. The Morgan fingerprint density at radius 3 is 2.63 bits per heavy atom. The van der Waals surface area contributed by atoms with E-state index in [1.165, 1.54) is 4.90 Å². The number of likely N-dealkylation sites (N-methyl/N-ethyl adjacent to an activating group) is 1. The largest absolute Gasteiger partial charge is 0.450 e. The number of aliphatic imine (C=N–C) groups is 1. The molecule has 168 valence electrons. The monoisotopic (exact) mass is 422 g/mol. The van der Waals surface area contributed by atoms with Crippen molar-refractivity contribution in [2.45, 2.75) is 52.1 Å². The molecule has 1 aliphatic rings. The molecule has 2 amide bonds. The van der Waals surface area contributed by atoms with E-state index in [4.69, 9.17) is 9.26 Å². The van der Waals surface area contributed by atoms with Crippen molar-refractivity contribution in [2.75, 3.05) is 40.3 Å². The maximum atomic E-state index is 11.9. The molecule has 10 heteroatoms. The molecule has 1 aromatic rings. The highest BCUT2D eigenvalue weighted by molar-refractivity contribution is 5.84. The van der Waals surface area contributed by atoms with Crippen molar-refractivity contribution in [3.63, 3.8) is 0 Å². The van der Waals surface area contributed by atoms with Crippen LogP contribution in [-0.4, -0.2) is 79.3 Å². The highest BCUT2D eigenvalue weighted by Crippen LogP contribution is 2.14. The number of carbonyl (C=O) groups excluding carboxylic acids is 2. The first-order valence-electron chi connectivity index (χ1n) is 10.4. The summed E-state index contributed by atoms with van der Waals surface area (Å²) in [5, 5.41) is 10.6. The second-order valence-electron chi connectivity index (χ2n) is 7.78. The van der Waals surface area contributed by atoms with Crippen LogP contribution in [0.15, 0.2) is 15.6 Å². The smallest absolute Gasteiger partial charge is 0.409 e. The van der Waals surface area contributed by atoms with Gasteiger partial charge in [-0.15, -0.1) is 0 Å². The van der Waals surface area contributed by atoms with Crippen molar-refractivity contribution in [3.8, 4) is 0 Å². The predicted molar refractivity (Wildman–Crippen MR) is 113 cm³/mol. The number of guanidine groups is 1. The second kappa shape index (κ2) is 11.4. The molecule has 2 rings (SSSR count). The highest BCUT2D eigenvalue weighted by Gasteiger charge is 2.24. The number of hydrogen-bond acceptors (Lipinski definition) is 6. The number of likely N-dealkylation sites (tertiary alicyclic amines) is 1. The van der Waals surface area contributed by atoms with E-state index in [2.05, 4.69) is 34.6 Å². The maximum absolute atomic E-state index is 11.9. The third-order valence-electron chi connectivity index (χ3n) is 4.83. The molecule has 2 heterocycles. The summed E-state index contributed by atoms with van der Waals surface area (Å²) in [6, 6.07) is 2.05. The minimum Gasteiger partial charge on any atom is -0.450 e. The summed E-state index contributed by atoms with van der Waals surface area (Å²) < 4.78 is 10.4. The summed E-state index contributed by atoms with van der Waals surface area (Å²) in [7, 11) is 3.40. The molecule has 0 aromatic carbocycles. The minimum absolute atomic E-state index is 0.0393. The zero-order valence-corrected chi connectivity index (χ0v) is 18.6. The van der Waals surface area contributed by atoms with Crippen LogP contribution >= 0.6 is 0 Å². The fourth-order valence-electron chi connectivity index (χ4n) is 2.91. The van der Waals surface area contributed by atoms with E-state index in [-0.39, 0.29) is 30.5 Å². The summed E-state index contributed by atoms with van der Waals surface area (Å²) in [5.74, 6) is 1.43. The van der Waals surface area contributed by atoms with Gasteiger partial charge in [0.25, 0.3) is 0 Å². The Hall–Kier alpha value is -2.78. The van der Waals surface area contributed by atoms with E-state index in [0.717, 1.165) is 18.5 Å². The first kappa shape index (κ1) is 23.5. The third-order valence-corrected chi connectivity index (χ3v) is 4.83. The predicted octanol–water partition coefficient (Wildman–Crippen LogP) is 1.54. The number of rotatable bonds is 7. The molecule has 0 radical (unpaired) electrons. The zero-order chi connectivity index (χ0) is 22.1. The number of amides is 2. The van der Waals surface area contributed by atoms with E-state index >= 15 is 0 Å². The lowest BCUT2D eigenvalue weighted by Gasteiger charge is -2.32. The van der Waals surface area contributed by atoms with Crippen LogP contribution in [0.3, 0.4) is 0 Å². The average Bonchev–Trinajstić information content (AvgIpc) is 3.19. The number of aromatic nitrogens is 1. The van der Waals surface area contributed by atoms with E-state index in [0.29, 0.717) is 38.0 Å². The second-order valence-corrected chi connectivity index (χ2v) is 7.78. The lowest BCUT2D eigenvalue weighted by atomic mass is 10.1. The lowest BCUT2D eigenvalue weighted by Crippen LogP contribution is -2.50. The quantitative estimate of drug-likeness (QED) is 0.506. The van der Waals surface area contributed by atoms with Gasteiger partial charge in [0.2, 0.25) is 5.91 Å². The van der Waals surface area contributed by atoms with E-state index < -0.39 is 0 Å². The van der Waals surface area contributed by atoms with Gasteiger partial charge >= 0.3 is 6.09 Å². The maximum Gasteiger partial charge on any atom is 0.409 e. The van der Waals surface area contributed by atoms with Gasteiger partial charge in [0, 0.05) is 39.3 Å². The fourth-order valence-corrected chi connectivity index (χ4v) is 2.91. The molecule has 1 fully saturated rings. The van der Waals surface area contributed by atoms with Crippen LogP contribution in [0.4, 0.5) is 4.79 Å². The molecule has 0 bridgehead atoms. The van der Waals surface area contributed by atoms with Crippen LogP contribution in [0.25, 0.3) is 0 Å². The number of nitrogens with one attached hydrogen (secondary N) is 2. The van der Waals surface area contributed by atoms with Crippen LogP contribution in [0.1, 0.15) is 51.0 Å². The van der Waals surface area contributed by atoms with Crippen LogP contribution in [0.5, 0.6) is 0 Å². The third kappa shape index (κ3) is 7.23. The molecule has 2 N–H and O–H groups in total. The molecule has 10 nitrogen and oxygen atoms in total. The Bertz CT molecular complexity index is 723. The summed E-state index contributed by atoms with van der Waals surface area (Å²) >= 11 is 0. The molecule has 0 unspecified atom stereocenters. The van der Waals surface area contributed by atoms with Gasteiger partial charge in [-0.3, -0.25) is 4.79 Å². The van der Waals surface area contributed by atoms with Gasteiger partial charge in [0.05, 0.1) is 18.8 Å². The van der Waals surface area contributed by atoms with Gasteiger partial charge in [-0.25, -0.2) is 9.79 Å². The average molecular weight is 423 g/mol. The van der Waals surface area contributed by atoms with Gasteiger partial charge in [0.15, 0.2) is 11.7 Å². The Balaban J connectivity index is 1.95. The molecule has 0 aliphatic carbocycles. The molecule has 0 saturated carbocycles. The van der Waals surface area contributed by atoms with Crippen molar-refractivity contribution in [1.82, 2.24) is 25.6 Å². The molecular weight excluding hydrogens is 388 g/mol. The first-order chi connectivity index (χ1) is 14.3. The normalized spacial score (nSPS) is 15.3. The molecule has 0 atom stereocenters. The fraction of sp³-hybridized carbons (Fsp3) is 0.700. The van der Waals surface area contributed by atoms with Crippen molar-refractivity contribution < 1.29 is 18.8 Å². The van der Waals surface area contributed by atoms with E-state index in [9.17, 15) is 9.59 Å². The highest BCUT2D eigenvalue weighted by atomic mass is 16.6. The summed E-state index contributed by atoms with van der Waals surface area (Å²) in [6.07, 6.45) is 1.26. The van der Waals surface area contributed by atoms with Crippen LogP contribution in [0.2, 0.25) is 0 Å². The van der Waals surface area contributed by atoms with Gasteiger partial charge in [-0.2, -0.15) is 0 Å². The van der Waals surface area contributed by atoms with Crippen molar-refractivity contribution in [2.24, 2.45) is 4.99 Å². The lowest BCUT2D eigenvalue weighted by molar-refractivity contribution is -0.127. The number of hydrogen-bond donors (Lipinski definition) is 2. The van der Waals surface area contributed by atoms with Crippen LogP contribution in [-0.2, 0) is 16.1 Å². The number of nitrogens with zero attached hydrogens (tertiary/aromatic N) is 4. The van der Waals surface area contributed by atoms with Gasteiger partial charge in [-0.05, 0) is 25.7 Å². The van der Waals surface area contributed by atoms with Crippen LogP contribution < -0.4 is 10.6 Å². The number of carbonyl (C=O) groups is 2. The van der Waals surface area contributed by atoms with Crippen molar-refractivity contribution in [1.29, 1.82) is 0 Å². The molecule has 30 heavy (non-hydrogen) atoms. The summed E-state index contributed by atoms with van der Waals surface area (Å²) in [6.45, 7) is 7.95. The van der Waals surface area contributed by atoms with Gasteiger partial charge in [0.1, 0.15) is 6.54 Å². The van der Waals surface area contributed by atoms with E-state index in [1.807, 2.05) is 6.07 Å². The Morgan fingerprint density at radius 1 is 1.37 bits per heavy atom. The topological polar surface area (TPSA) is 112 Å². The number of ether oxygens (including phenoxy) is 1. The van der Waals surface area contributed by atoms with Gasteiger partial charge < -0.3 is 29.7 Å². The van der Waals surface area contributed by atoms with Crippen LogP contribution in [0, 0.1) is 0 Å². The first-order valence-corrected chi connectivity index (χ1v) is 10.4. The van der Waals surface area contributed by atoms with E-state index in [1.54, 1.807) is 25.9 Å². The van der Waals surface area contributed by atoms with Gasteiger partial charge in [-0.1, -0.05) is 19.0 Å². The molecule has 1 aliphatic heterocycles. The van der Waals surface area contributed by atoms with Crippen molar-refractivity contribution >= 4 is 18.0 Å². The Kier molecular flexibility index (Phi) is 8.94. The molecule has 1 aromatic heterocycles. The zero-order valence-electron chi connectivity index (χ0n) is 18.6. The molecular formula is C20H34N6O4.